The molecule has 0 atom stereocenters. The summed E-state index contributed by atoms with van der Waals surface area (Å²) in [5.74, 6) is 0. The molecule has 19 heavy (non-hydrogen) atoms. The van der Waals surface area contributed by atoms with Crippen LogP contribution in [0.15, 0.2) is 27.5 Å². The van der Waals surface area contributed by atoms with Crippen molar-refractivity contribution < 1.29 is 0 Å². The van der Waals surface area contributed by atoms with Crippen LogP contribution in [0.25, 0.3) is 0 Å². The summed E-state index contributed by atoms with van der Waals surface area (Å²) in [6.45, 7) is 0.802. The molecule has 0 aliphatic heterocycles. The zero-order valence-electron chi connectivity index (χ0n) is 10.5. The van der Waals surface area contributed by atoms with E-state index in [0.29, 0.717) is 16.4 Å². The van der Waals surface area contributed by atoms with Gasteiger partial charge in [-0.1, -0.05) is 0 Å². The summed E-state index contributed by atoms with van der Waals surface area (Å²) in [4.78, 5) is 19.8. The van der Waals surface area contributed by atoms with Gasteiger partial charge in [-0.2, -0.15) is 0 Å². The summed E-state index contributed by atoms with van der Waals surface area (Å²) in [6.07, 6.45) is 6.13. The number of H-pyrrole nitrogens is 1. The first kappa shape index (κ1) is 12.4. The van der Waals surface area contributed by atoms with Crippen LogP contribution in [0.1, 0.15) is 18.4 Å². The highest BCUT2D eigenvalue weighted by atomic mass is 32.2. The summed E-state index contributed by atoms with van der Waals surface area (Å²) in [6, 6.07) is 0.674. The molecular weight excluding hydrogens is 264 g/mol. The number of rotatable bonds is 5. The van der Waals surface area contributed by atoms with Crippen molar-refractivity contribution >= 4 is 11.8 Å². The van der Waals surface area contributed by atoms with Crippen LogP contribution in [-0.2, 0) is 13.6 Å². The van der Waals surface area contributed by atoms with Crippen molar-refractivity contribution in [2.24, 2.45) is 7.05 Å². The van der Waals surface area contributed by atoms with E-state index in [1.54, 1.807) is 19.4 Å². The van der Waals surface area contributed by atoms with Gasteiger partial charge in [-0.15, -0.1) is 5.10 Å². The van der Waals surface area contributed by atoms with Gasteiger partial charge in [0, 0.05) is 37.6 Å². The Labute approximate surface area is 113 Å². The van der Waals surface area contributed by atoms with Gasteiger partial charge in [0.05, 0.1) is 0 Å². The Morgan fingerprint density at radius 1 is 1.47 bits per heavy atom. The summed E-state index contributed by atoms with van der Waals surface area (Å²) in [7, 11) is 1.65. The third-order valence-corrected chi connectivity index (χ3v) is 3.82. The fourth-order valence-electron chi connectivity index (χ4n) is 1.54. The van der Waals surface area contributed by atoms with E-state index in [2.05, 4.69) is 25.5 Å². The average molecular weight is 278 g/mol. The molecule has 1 aliphatic rings. The first-order valence-electron chi connectivity index (χ1n) is 6.06. The second-order valence-electron chi connectivity index (χ2n) is 4.50. The van der Waals surface area contributed by atoms with Crippen molar-refractivity contribution in [1.82, 2.24) is 30.0 Å². The molecule has 2 N–H and O–H groups in total. The zero-order valence-corrected chi connectivity index (χ0v) is 11.3. The minimum absolute atomic E-state index is 0.243. The fourth-order valence-corrected chi connectivity index (χ4v) is 2.23. The van der Waals surface area contributed by atoms with E-state index in [1.165, 1.54) is 29.2 Å². The van der Waals surface area contributed by atoms with Crippen molar-refractivity contribution in [2.75, 3.05) is 0 Å². The van der Waals surface area contributed by atoms with E-state index in [4.69, 9.17) is 0 Å². The van der Waals surface area contributed by atoms with Crippen LogP contribution in [0.3, 0.4) is 0 Å². The van der Waals surface area contributed by atoms with Crippen LogP contribution < -0.4 is 11.0 Å². The lowest BCUT2D eigenvalue weighted by Gasteiger charge is -2.03. The molecule has 2 heterocycles. The lowest BCUT2D eigenvalue weighted by Crippen LogP contribution is -2.15. The Hall–Kier alpha value is -1.67. The molecule has 3 rings (SSSR count). The molecule has 100 valence electrons. The van der Waals surface area contributed by atoms with E-state index in [1.807, 2.05) is 0 Å². The highest BCUT2D eigenvalue weighted by Crippen LogP contribution is 2.21. The maximum atomic E-state index is 11.2. The summed E-state index contributed by atoms with van der Waals surface area (Å²) >= 11 is 1.26. The van der Waals surface area contributed by atoms with Gasteiger partial charge in [-0.3, -0.25) is 4.57 Å². The van der Waals surface area contributed by atoms with Crippen molar-refractivity contribution in [3.63, 3.8) is 0 Å². The Bertz CT molecular complexity index is 615. The second-order valence-corrected chi connectivity index (χ2v) is 5.44. The Balaban J connectivity index is 1.64. The van der Waals surface area contributed by atoms with E-state index >= 15 is 0 Å². The Kier molecular flexibility index (Phi) is 3.34. The van der Waals surface area contributed by atoms with Crippen LogP contribution in [0, 0.1) is 0 Å². The number of nitrogens with one attached hydrogen (secondary N) is 2. The normalized spacial score (nSPS) is 14.8. The molecule has 2 aromatic heterocycles. The zero-order chi connectivity index (χ0) is 13.2. The molecule has 1 aliphatic carbocycles. The van der Waals surface area contributed by atoms with E-state index in [-0.39, 0.29) is 5.69 Å². The maximum absolute atomic E-state index is 11.2. The van der Waals surface area contributed by atoms with Crippen molar-refractivity contribution in [3.05, 3.63) is 28.4 Å². The van der Waals surface area contributed by atoms with E-state index in [9.17, 15) is 4.79 Å². The summed E-state index contributed by atoms with van der Waals surface area (Å²) in [5.41, 5.74) is 0.819. The van der Waals surface area contributed by atoms with Gasteiger partial charge in [0.2, 0.25) is 0 Å². The second kappa shape index (κ2) is 5.14. The molecule has 0 aromatic carbocycles. The van der Waals surface area contributed by atoms with Gasteiger partial charge >= 0.3 is 5.69 Å². The summed E-state index contributed by atoms with van der Waals surface area (Å²) in [5, 5.41) is 10.8. The highest BCUT2D eigenvalue weighted by Gasteiger charge is 2.20. The number of nitrogens with zero attached hydrogens (tertiary/aromatic N) is 4. The fraction of sp³-hybridized carbons (Fsp3) is 0.455. The molecule has 0 bridgehead atoms. The SMILES string of the molecule is Cn1c(Sc2ncc(CNC3CC3)cn2)n[nH]c1=O. The smallest absolute Gasteiger partial charge is 0.310 e. The number of aromatic amines is 1. The van der Waals surface area contributed by atoms with Crippen LogP contribution in [0.4, 0.5) is 0 Å². The molecule has 1 fully saturated rings. The molecule has 0 amide bonds. The number of aromatic nitrogens is 5. The van der Waals surface area contributed by atoms with Gasteiger partial charge in [0.1, 0.15) is 0 Å². The van der Waals surface area contributed by atoms with E-state index in [0.717, 1.165) is 12.1 Å². The predicted molar refractivity (Wildman–Crippen MR) is 69.8 cm³/mol. The van der Waals surface area contributed by atoms with Crippen LogP contribution in [0.5, 0.6) is 0 Å². The van der Waals surface area contributed by atoms with Crippen molar-refractivity contribution in [3.8, 4) is 0 Å². The number of hydrogen-bond acceptors (Lipinski definition) is 6. The largest absolute Gasteiger partial charge is 0.343 e. The minimum Gasteiger partial charge on any atom is -0.310 e. The summed E-state index contributed by atoms with van der Waals surface area (Å²) < 4.78 is 1.43. The third kappa shape index (κ3) is 3.02. The molecule has 1 saturated carbocycles. The van der Waals surface area contributed by atoms with E-state index < -0.39 is 0 Å². The Morgan fingerprint density at radius 3 is 2.79 bits per heavy atom. The van der Waals surface area contributed by atoms with Crippen molar-refractivity contribution in [2.45, 2.75) is 35.7 Å². The quantitative estimate of drug-likeness (QED) is 0.765. The average Bonchev–Trinajstić information content (AvgIpc) is 3.20. The molecule has 2 aromatic rings. The lowest BCUT2D eigenvalue weighted by molar-refractivity contribution is 0.679. The predicted octanol–water partition coefficient (Wildman–Crippen LogP) is 0.302. The first-order valence-corrected chi connectivity index (χ1v) is 6.87. The highest BCUT2D eigenvalue weighted by molar-refractivity contribution is 7.99. The molecule has 0 saturated heterocycles. The topological polar surface area (TPSA) is 88.5 Å². The molecule has 0 spiro atoms. The van der Waals surface area contributed by atoms with Gasteiger partial charge in [0.15, 0.2) is 10.3 Å². The molecular formula is C11H14N6OS. The Morgan fingerprint density at radius 2 is 2.21 bits per heavy atom. The van der Waals surface area contributed by atoms with Gasteiger partial charge in [-0.05, 0) is 24.6 Å². The maximum Gasteiger partial charge on any atom is 0.343 e. The monoisotopic (exact) mass is 278 g/mol. The molecule has 0 radical (unpaired) electrons. The number of hydrogen-bond donors (Lipinski definition) is 2. The van der Waals surface area contributed by atoms with Crippen LogP contribution in [0.2, 0.25) is 0 Å². The van der Waals surface area contributed by atoms with Gasteiger partial charge < -0.3 is 5.32 Å². The standard InChI is InChI=1S/C11H14N6OS/c1-17-10(18)15-16-11(17)19-9-13-5-7(6-14-9)4-12-8-2-3-8/h5-6,8,12H,2-4H2,1H3,(H,15,18). The minimum atomic E-state index is -0.243. The van der Waals surface area contributed by atoms with Gasteiger partial charge in [-0.25, -0.2) is 19.9 Å². The van der Waals surface area contributed by atoms with Crippen molar-refractivity contribution in [1.29, 1.82) is 0 Å². The van der Waals surface area contributed by atoms with Gasteiger partial charge in [0.25, 0.3) is 0 Å². The first-order chi connectivity index (χ1) is 9.22. The van der Waals surface area contributed by atoms with Crippen LogP contribution >= 0.6 is 11.8 Å². The molecule has 0 unspecified atom stereocenters. The molecule has 8 heteroatoms. The van der Waals surface area contributed by atoms with Crippen LogP contribution in [-0.4, -0.2) is 30.8 Å². The lowest BCUT2D eigenvalue weighted by atomic mass is 10.3. The molecule has 7 nitrogen and oxygen atoms in total. The third-order valence-electron chi connectivity index (χ3n) is 2.88.